The number of rotatable bonds is 5. The Labute approximate surface area is 129 Å². The number of nitrogens with one attached hydrogen (secondary N) is 1. The Bertz CT molecular complexity index is 665. The van der Waals surface area contributed by atoms with Crippen molar-refractivity contribution in [3.05, 3.63) is 48.0 Å². The minimum Gasteiger partial charge on any atom is -0.389 e. The molecule has 3 N–H and O–H groups in total. The predicted octanol–water partition coefficient (Wildman–Crippen LogP) is 2.28. The summed E-state index contributed by atoms with van der Waals surface area (Å²) in [5.74, 6) is 0.775. The topological polar surface area (TPSA) is 72.9 Å². The van der Waals surface area contributed by atoms with Gasteiger partial charge in [-0.05, 0) is 19.1 Å². The van der Waals surface area contributed by atoms with Crippen LogP contribution >= 0.6 is 12.2 Å². The maximum absolute atomic E-state index is 12.3. The van der Waals surface area contributed by atoms with Crippen LogP contribution in [0.25, 0.3) is 0 Å². The fourth-order valence-corrected chi connectivity index (χ4v) is 2.22. The largest absolute Gasteiger partial charge is 0.389 e. The van der Waals surface area contributed by atoms with Crippen molar-refractivity contribution in [1.29, 1.82) is 0 Å². The third-order valence-corrected chi connectivity index (χ3v) is 3.51. The summed E-state index contributed by atoms with van der Waals surface area (Å²) in [5.41, 5.74) is 7.00. The Morgan fingerprint density at radius 3 is 2.95 bits per heavy atom. The van der Waals surface area contributed by atoms with E-state index < -0.39 is 0 Å². The lowest BCUT2D eigenvalue weighted by Gasteiger charge is -2.16. The summed E-state index contributed by atoms with van der Waals surface area (Å²) < 4.78 is 1.87. The van der Waals surface area contributed by atoms with Crippen molar-refractivity contribution < 1.29 is 4.79 Å². The Balaban J connectivity index is 2.14. The smallest absolute Gasteiger partial charge is 0.247 e. The van der Waals surface area contributed by atoms with Crippen LogP contribution in [0.5, 0.6) is 0 Å². The summed E-state index contributed by atoms with van der Waals surface area (Å²) >= 11 is 4.94. The Morgan fingerprint density at radius 2 is 2.29 bits per heavy atom. The molecule has 0 aliphatic carbocycles. The van der Waals surface area contributed by atoms with E-state index in [9.17, 15) is 4.79 Å². The van der Waals surface area contributed by atoms with E-state index in [0.717, 1.165) is 17.8 Å². The van der Waals surface area contributed by atoms with Crippen molar-refractivity contribution >= 4 is 28.8 Å². The van der Waals surface area contributed by atoms with Crippen molar-refractivity contribution in [2.24, 2.45) is 5.73 Å². The van der Waals surface area contributed by atoms with Crippen LogP contribution in [0.4, 0.5) is 5.69 Å². The zero-order valence-corrected chi connectivity index (χ0v) is 12.9. The number of hydrogen-bond donors (Lipinski definition) is 2. The van der Waals surface area contributed by atoms with Gasteiger partial charge in [0.1, 0.15) is 16.9 Å². The number of anilines is 1. The average Bonchev–Trinajstić information content (AvgIpc) is 2.95. The molecule has 1 atom stereocenters. The molecule has 2 aromatic rings. The number of hydrogen-bond acceptors (Lipinski definition) is 3. The number of nitrogens with two attached hydrogens (primary N) is 1. The van der Waals surface area contributed by atoms with Crippen molar-refractivity contribution in [3.8, 4) is 0 Å². The molecule has 0 bridgehead atoms. The van der Waals surface area contributed by atoms with E-state index in [2.05, 4.69) is 10.3 Å². The highest BCUT2D eigenvalue weighted by atomic mass is 32.1. The first kappa shape index (κ1) is 15.2. The molecule has 1 amide bonds. The standard InChI is InChI=1S/C15H18N4OS/c1-3-13-17-7-8-19(13)10(2)15(20)18-12-6-4-5-11(9-12)14(16)21/h4-10H,3H2,1-2H3,(H2,16,21)(H,18,20). The molecular formula is C15H18N4OS. The molecule has 0 aliphatic rings. The summed E-state index contributed by atoms with van der Waals surface area (Å²) in [5, 5.41) is 2.87. The highest BCUT2D eigenvalue weighted by Gasteiger charge is 2.17. The van der Waals surface area contributed by atoms with E-state index in [4.69, 9.17) is 18.0 Å². The second-order valence-electron chi connectivity index (χ2n) is 4.71. The minimum absolute atomic E-state index is 0.109. The number of thiocarbonyl (C=S) groups is 1. The number of carbonyl (C=O) groups excluding carboxylic acids is 1. The van der Waals surface area contributed by atoms with E-state index in [1.165, 1.54) is 0 Å². The number of benzene rings is 1. The van der Waals surface area contributed by atoms with E-state index in [0.29, 0.717) is 10.7 Å². The lowest BCUT2D eigenvalue weighted by Crippen LogP contribution is -2.24. The van der Waals surface area contributed by atoms with Gasteiger partial charge in [-0.2, -0.15) is 0 Å². The van der Waals surface area contributed by atoms with Gasteiger partial charge in [0.25, 0.3) is 0 Å². The van der Waals surface area contributed by atoms with E-state index >= 15 is 0 Å². The van der Waals surface area contributed by atoms with Crippen LogP contribution in [-0.2, 0) is 11.2 Å². The molecule has 110 valence electrons. The number of amides is 1. The first-order chi connectivity index (χ1) is 10.0. The predicted molar refractivity (Wildman–Crippen MR) is 87.3 cm³/mol. The van der Waals surface area contributed by atoms with Gasteiger partial charge in [0.05, 0.1) is 0 Å². The molecule has 0 fully saturated rings. The fraction of sp³-hybridized carbons (Fsp3) is 0.267. The third kappa shape index (κ3) is 3.46. The maximum Gasteiger partial charge on any atom is 0.247 e. The second kappa shape index (κ2) is 6.49. The van der Waals surface area contributed by atoms with Crippen molar-refractivity contribution in [2.45, 2.75) is 26.3 Å². The van der Waals surface area contributed by atoms with Crippen LogP contribution in [-0.4, -0.2) is 20.4 Å². The summed E-state index contributed by atoms with van der Waals surface area (Å²) in [4.78, 5) is 16.9. The fourth-order valence-electron chi connectivity index (χ4n) is 2.09. The summed E-state index contributed by atoms with van der Waals surface area (Å²) in [6, 6.07) is 6.86. The lowest BCUT2D eigenvalue weighted by atomic mass is 10.2. The summed E-state index contributed by atoms with van der Waals surface area (Å²) in [6.07, 6.45) is 4.30. The number of carbonyl (C=O) groups is 1. The third-order valence-electron chi connectivity index (χ3n) is 3.28. The zero-order valence-electron chi connectivity index (χ0n) is 12.0. The van der Waals surface area contributed by atoms with Gasteiger partial charge in [0, 0.05) is 30.1 Å². The van der Waals surface area contributed by atoms with Crippen molar-refractivity contribution in [1.82, 2.24) is 9.55 Å². The van der Waals surface area contributed by atoms with Gasteiger partial charge < -0.3 is 15.6 Å². The number of aromatic nitrogens is 2. The molecule has 21 heavy (non-hydrogen) atoms. The molecule has 0 saturated carbocycles. The van der Waals surface area contributed by atoms with Crippen LogP contribution in [0.1, 0.15) is 31.3 Å². The van der Waals surface area contributed by atoms with Gasteiger partial charge in [0.2, 0.25) is 5.91 Å². The molecule has 6 heteroatoms. The Morgan fingerprint density at radius 1 is 1.52 bits per heavy atom. The van der Waals surface area contributed by atoms with Gasteiger partial charge in [-0.1, -0.05) is 31.3 Å². The van der Waals surface area contributed by atoms with Gasteiger partial charge in [-0.3, -0.25) is 4.79 Å². The molecular weight excluding hydrogens is 284 g/mol. The van der Waals surface area contributed by atoms with Gasteiger partial charge >= 0.3 is 0 Å². The first-order valence-electron chi connectivity index (χ1n) is 6.75. The lowest BCUT2D eigenvalue weighted by molar-refractivity contribution is -0.118. The minimum atomic E-state index is -0.337. The SMILES string of the molecule is CCc1nccn1C(C)C(=O)Nc1cccc(C(N)=S)c1. The van der Waals surface area contributed by atoms with Crippen LogP contribution in [0, 0.1) is 0 Å². The van der Waals surface area contributed by atoms with Crippen molar-refractivity contribution in [3.63, 3.8) is 0 Å². The molecule has 1 heterocycles. The van der Waals surface area contributed by atoms with Gasteiger partial charge in [0.15, 0.2) is 0 Å². The van der Waals surface area contributed by atoms with Crippen LogP contribution in [0.15, 0.2) is 36.7 Å². The second-order valence-corrected chi connectivity index (χ2v) is 5.15. The molecule has 1 aromatic heterocycles. The highest BCUT2D eigenvalue weighted by Crippen LogP contribution is 2.15. The molecule has 5 nitrogen and oxygen atoms in total. The Hall–Kier alpha value is -2.21. The van der Waals surface area contributed by atoms with Gasteiger partial charge in [-0.15, -0.1) is 0 Å². The van der Waals surface area contributed by atoms with Crippen molar-refractivity contribution in [2.75, 3.05) is 5.32 Å². The summed E-state index contributed by atoms with van der Waals surface area (Å²) in [6.45, 7) is 3.85. The molecule has 2 rings (SSSR count). The van der Waals surface area contributed by atoms with E-state index in [1.54, 1.807) is 18.3 Å². The number of aryl methyl sites for hydroxylation is 1. The van der Waals surface area contributed by atoms with Crippen LogP contribution in [0.2, 0.25) is 0 Å². The van der Waals surface area contributed by atoms with Gasteiger partial charge in [-0.25, -0.2) is 4.98 Å². The van der Waals surface area contributed by atoms with Crippen LogP contribution in [0.3, 0.4) is 0 Å². The molecule has 0 saturated heterocycles. The average molecular weight is 302 g/mol. The first-order valence-corrected chi connectivity index (χ1v) is 7.16. The molecule has 0 aliphatic heterocycles. The number of imidazole rings is 1. The molecule has 1 unspecified atom stereocenters. The zero-order chi connectivity index (χ0) is 15.4. The van der Waals surface area contributed by atoms with E-state index in [-0.39, 0.29) is 11.9 Å². The van der Waals surface area contributed by atoms with E-state index in [1.807, 2.05) is 36.7 Å². The summed E-state index contributed by atoms with van der Waals surface area (Å²) in [7, 11) is 0. The highest BCUT2D eigenvalue weighted by molar-refractivity contribution is 7.80. The normalized spacial score (nSPS) is 11.9. The monoisotopic (exact) mass is 302 g/mol. The quantitative estimate of drug-likeness (QED) is 0.831. The maximum atomic E-state index is 12.3. The Kier molecular flexibility index (Phi) is 4.70. The molecule has 1 aromatic carbocycles. The van der Waals surface area contributed by atoms with Crippen LogP contribution < -0.4 is 11.1 Å². The molecule has 0 radical (unpaired) electrons. The molecule has 0 spiro atoms. The number of nitrogens with zero attached hydrogens (tertiary/aromatic N) is 2.